The zero-order valence-electron chi connectivity index (χ0n) is 13.8. The van der Waals surface area contributed by atoms with Crippen LogP contribution in [-0.4, -0.2) is 30.6 Å². The highest BCUT2D eigenvalue weighted by atomic mass is 16.2. The summed E-state index contributed by atoms with van der Waals surface area (Å²) in [4.78, 5) is 25.3. The zero-order chi connectivity index (χ0) is 16.3. The number of fused-ring (bicyclic) bond motifs is 1. The number of hydrogen-bond donors (Lipinski definition) is 2. The number of rotatable bonds is 3. The number of anilines is 1. The van der Waals surface area contributed by atoms with Crippen molar-refractivity contribution in [2.75, 3.05) is 18.0 Å². The fourth-order valence-corrected chi connectivity index (χ4v) is 2.79. The van der Waals surface area contributed by atoms with Crippen molar-refractivity contribution in [2.24, 2.45) is 0 Å². The van der Waals surface area contributed by atoms with Gasteiger partial charge in [-0.3, -0.25) is 4.79 Å². The van der Waals surface area contributed by atoms with Gasteiger partial charge in [-0.2, -0.15) is 0 Å². The normalized spacial score (nSPS) is 17.1. The molecular formula is C17H25N3O2. The van der Waals surface area contributed by atoms with Crippen molar-refractivity contribution in [1.29, 1.82) is 0 Å². The molecule has 0 aromatic heterocycles. The lowest BCUT2D eigenvalue weighted by Crippen LogP contribution is -2.46. The summed E-state index contributed by atoms with van der Waals surface area (Å²) in [5.41, 5.74) is 1.95. The largest absolute Gasteiger partial charge is 0.338 e. The Labute approximate surface area is 132 Å². The van der Waals surface area contributed by atoms with Crippen LogP contribution in [0.25, 0.3) is 0 Å². The quantitative estimate of drug-likeness (QED) is 0.901. The van der Waals surface area contributed by atoms with Gasteiger partial charge in [0.25, 0.3) is 0 Å². The monoisotopic (exact) mass is 303 g/mol. The fraction of sp³-hybridized carbons (Fsp3) is 0.529. The minimum atomic E-state index is -0.241. The van der Waals surface area contributed by atoms with Crippen molar-refractivity contribution in [2.45, 2.75) is 45.6 Å². The lowest BCUT2D eigenvalue weighted by Gasteiger charge is -2.21. The highest BCUT2D eigenvalue weighted by molar-refractivity contribution is 5.94. The number of benzene rings is 1. The molecule has 22 heavy (non-hydrogen) atoms. The number of carbonyl (C=O) groups excluding carboxylic acids is 2. The van der Waals surface area contributed by atoms with Gasteiger partial charge in [-0.25, -0.2) is 4.79 Å². The molecule has 0 spiro atoms. The summed E-state index contributed by atoms with van der Waals surface area (Å²) in [5, 5.41) is 5.76. The summed E-state index contributed by atoms with van der Waals surface area (Å²) in [6.07, 6.45) is 0.818. The molecule has 1 aliphatic rings. The Balaban J connectivity index is 1.92. The summed E-state index contributed by atoms with van der Waals surface area (Å²) in [7, 11) is 0. The first-order valence-corrected chi connectivity index (χ1v) is 7.71. The summed E-state index contributed by atoms with van der Waals surface area (Å²) in [6.45, 7) is 8.72. The molecule has 0 saturated heterocycles. The molecule has 0 radical (unpaired) electrons. The highest BCUT2D eigenvalue weighted by Crippen LogP contribution is 2.37. The molecule has 2 rings (SSSR count). The molecular weight excluding hydrogens is 278 g/mol. The molecule has 0 fully saturated rings. The van der Waals surface area contributed by atoms with E-state index in [0.717, 1.165) is 12.1 Å². The first kappa shape index (κ1) is 16.3. The maximum atomic E-state index is 11.8. The Bertz CT molecular complexity index is 563. The molecule has 2 N–H and O–H groups in total. The van der Waals surface area contributed by atoms with Crippen LogP contribution in [-0.2, 0) is 4.79 Å². The Kier molecular flexibility index (Phi) is 4.74. The SMILES string of the molecule is CC(=O)N1CC(CCNC(=O)NC(C)(C)C)c2ccccc21. The summed E-state index contributed by atoms with van der Waals surface area (Å²) in [6, 6.07) is 7.85. The van der Waals surface area contributed by atoms with E-state index in [1.807, 2.05) is 43.9 Å². The molecule has 1 heterocycles. The smallest absolute Gasteiger partial charge is 0.315 e. The van der Waals surface area contributed by atoms with Gasteiger partial charge in [0, 0.05) is 37.2 Å². The van der Waals surface area contributed by atoms with Crippen LogP contribution in [0.2, 0.25) is 0 Å². The second-order valence-corrected chi connectivity index (χ2v) is 6.80. The Morgan fingerprint density at radius 3 is 2.59 bits per heavy atom. The number of para-hydroxylation sites is 1. The summed E-state index contributed by atoms with van der Waals surface area (Å²) >= 11 is 0. The van der Waals surface area contributed by atoms with E-state index < -0.39 is 0 Å². The third-order valence-electron chi connectivity index (χ3n) is 3.72. The maximum absolute atomic E-state index is 11.8. The molecule has 1 atom stereocenters. The molecule has 0 bridgehead atoms. The number of nitrogens with one attached hydrogen (secondary N) is 2. The Morgan fingerprint density at radius 1 is 1.27 bits per heavy atom. The second kappa shape index (κ2) is 6.38. The molecule has 1 aliphatic heterocycles. The van der Waals surface area contributed by atoms with Gasteiger partial charge in [0.1, 0.15) is 0 Å². The zero-order valence-corrected chi connectivity index (χ0v) is 13.8. The summed E-state index contributed by atoms with van der Waals surface area (Å²) in [5.74, 6) is 0.337. The van der Waals surface area contributed by atoms with Crippen molar-refractivity contribution in [3.63, 3.8) is 0 Å². The van der Waals surface area contributed by atoms with Gasteiger partial charge in [-0.15, -0.1) is 0 Å². The van der Waals surface area contributed by atoms with Crippen LogP contribution in [0.1, 0.15) is 45.6 Å². The van der Waals surface area contributed by atoms with E-state index in [1.54, 1.807) is 6.92 Å². The van der Waals surface area contributed by atoms with Gasteiger partial charge in [0.05, 0.1) is 0 Å². The van der Waals surface area contributed by atoms with Gasteiger partial charge in [0.15, 0.2) is 0 Å². The molecule has 1 aromatic rings. The number of carbonyl (C=O) groups is 2. The molecule has 1 aromatic carbocycles. The average molecular weight is 303 g/mol. The highest BCUT2D eigenvalue weighted by Gasteiger charge is 2.30. The maximum Gasteiger partial charge on any atom is 0.315 e. The van der Waals surface area contributed by atoms with Crippen LogP contribution >= 0.6 is 0 Å². The van der Waals surface area contributed by atoms with Gasteiger partial charge in [-0.1, -0.05) is 18.2 Å². The van der Waals surface area contributed by atoms with Crippen molar-refractivity contribution in [3.05, 3.63) is 29.8 Å². The average Bonchev–Trinajstić information content (AvgIpc) is 2.76. The van der Waals surface area contributed by atoms with Crippen molar-refractivity contribution < 1.29 is 9.59 Å². The molecule has 5 heteroatoms. The molecule has 0 saturated carbocycles. The summed E-state index contributed by atoms with van der Waals surface area (Å²) < 4.78 is 0. The Hall–Kier alpha value is -2.04. The third kappa shape index (κ3) is 4.00. The van der Waals surface area contributed by atoms with E-state index in [0.29, 0.717) is 13.1 Å². The van der Waals surface area contributed by atoms with E-state index in [4.69, 9.17) is 0 Å². The van der Waals surface area contributed by atoms with Crippen molar-refractivity contribution >= 4 is 17.6 Å². The van der Waals surface area contributed by atoms with Gasteiger partial charge >= 0.3 is 6.03 Å². The van der Waals surface area contributed by atoms with Gasteiger partial charge in [0.2, 0.25) is 5.91 Å². The Morgan fingerprint density at radius 2 is 1.95 bits per heavy atom. The first-order chi connectivity index (χ1) is 10.3. The van der Waals surface area contributed by atoms with E-state index in [1.165, 1.54) is 5.56 Å². The topological polar surface area (TPSA) is 61.4 Å². The molecule has 120 valence electrons. The van der Waals surface area contributed by atoms with Crippen LogP contribution in [0.4, 0.5) is 10.5 Å². The van der Waals surface area contributed by atoms with E-state index in [2.05, 4.69) is 16.7 Å². The van der Waals surface area contributed by atoms with Crippen LogP contribution < -0.4 is 15.5 Å². The molecule has 1 unspecified atom stereocenters. The van der Waals surface area contributed by atoms with E-state index in [-0.39, 0.29) is 23.4 Å². The van der Waals surface area contributed by atoms with Gasteiger partial charge < -0.3 is 15.5 Å². The van der Waals surface area contributed by atoms with E-state index in [9.17, 15) is 9.59 Å². The first-order valence-electron chi connectivity index (χ1n) is 7.71. The minimum absolute atomic E-state index is 0.0633. The van der Waals surface area contributed by atoms with Crippen LogP contribution in [0, 0.1) is 0 Å². The number of nitrogens with zero attached hydrogens (tertiary/aromatic N) is 1. The van der Waals surface area contributed by atoms with Crippen LogP contribution in [0.3, 0.4) is 0 Å². The third-order valence-corrected chi connectivity index (χ3v) is 3.72. The lowest BCUT2D eigenvalue weighted by molar-refractivity contribution is -0.116. The standard InChI is InChI=1S/C17H25N3O2/c1-12(21)20-11-13(14-7-5-6-8-15(14)20)9-10-18-16(22)19-17(2,3)4/h5-8,13H,9-11H2,1-4H3,(H2,18,19,22). The van der Waals surface area contributed by atoms with E-state index >= 15 is 0 Å². The number of hydrogen-bond acceptors (Lipinski definition) is 2. The number of amides is 3. The predicted molar refractivity (Wildman–Crippen MR) is 88.1 cm³/mol. The molecule has 0 aliphatic carbocycles. The number of urea groups is 1. The second-order valence-electron chi connectivity index (χ2n) is 6.80. The molecule has 5 nitrogen and oxygen atoms in total. The van der Waals surface area contributed by atoms with Crippen LogP contribution in [0.15, 0.2) is 24.3 Å². The van der Waals surface area contributed by atoms with Crippen molar-refractivity contribution in [1.82, 2.24) is 10.6 Å². The minimum Gasteiger partial charge on any atom is -0.338 e. The lowest BCUT2D eigenvalue weighted by atomic mass is 9.98. The fourth-order valence-electron chi connectivity index (χ4n) is 2.79. The van der Waals surface area contributed by atoms with Crippen molar-refractivity contribution in [3.8, 4) is 0 Å². The predicted octanol–water partition coefficient (Wildman–Crippen LogP) is 2.62. The molecule has 3 amide bonds. The van der Waals surface area contributed by atoms with Crippen LogP contribution in [0.5, 0.6) is 0 Å². The van der Waals surface area contributed by atoms with Gasteiger partial charge in [-0.05, 0) is 38.8 Å².